The molecule has 1 saturated carbocycles. The molecular weight excluding hydrogens is 422 g/mol. The summed E-state index contributed by atoms with van der Waals surface area (Å²) in [5.41, 5.74) is 9.94. The maximum Gasteiger partial charge on any atom is 0.224 e. The normalized spacial score (nSPS) is 18.9. The third-order valence-corrected chi connectivity index (χ3v) is 7.25. The predicted octanol–water partition coefficient (Wildman–Crippen LogP) is 4.14. The van der Waals surface area contributed by atoms with Crippen molar-refractivity contribution >= 4 is 33.3 Å². The van der Waals surface area contributed by atoms with Crippen LogP contribution in [-0.2, 0) is 4.74 Å². The molecule has 0 bridgehead atoms. The molecule has 1 unspecified atom stereocenters. The molecule has 0 aliphatic heterocycles. The summed E-state index contributed by atoms with van der Waals surface area (Å²) in [6.07, 6.45) is 5.05. The van der Waals surface area contributed by atoms with E-state index in [1.807, 2.05) is 26.1 Å². The van der Waals surface area contributed by atoms with Crippen molar-refractivity contribution < 1.29 is 4.74 Å². The van der Waals surface area contributed by atoms with Crippen LogP contribution >= 0.6 is 11.3 Å². The van der Waals surface area contributed by atoms with Crippen molar-refractivity contribution in [2.24, 2.45) is 11.7 Å². The lowest BCUT2D eigenvalue weighted by molar-refractivity contribution is 0.210. The molecule has 8 nitrogen and oxygen atoms in total. The second-order valence-corrected chi connectivity index (χ2v) is 10.2. The van der Waals surface area contributed by atoms with Crippen LogP contribution in [0.1, 0.15) is 44.5 Å². The first-order valence-corrected chi connectivity index (χ1v) is 12.0. The fourth-order valence-electron chi connectivity index (χ4n) is 4.35. The van der Waals surface area contributed by atoms with Gasteiger partial charge in [-0.25, -0.2) is 9.97 Å². The summed E-state index contributed by atoms with van der Waals surface area (Å²) >= 11 is 1.65. The monoisotopic (exact) mass is 455 g/mol. The minimum atomic E-state index is -0.175. The van der Waals surface area contributed by atoms with E-state index in [1.54, 1.807) is 18.4 Å². The van der Waals surface area contributed by atoms with Gasteiger partial charge in [-0.2, -0.15) is 4.98 Å². The highest BCUT2D eigenvalue weighted by molar-refractivity contribution is 7.21. The summed E-state index contributed by atoms with van der Waals surface area (Å²) in [7, 11) is 1.68. The Labute approximate surface area is 193 Å². The van der Waals surface area contributed by atoms with Crippen molar-refractivity contribution in [1.82, 2.24) is 19.9 Å². The number of nitrogens with two attached hydrogens (primary N) is 1. The van der Waals surface area contributed by atoms with Crippen LogP contribution in [0.3, 0.4) is 0 Å². The van der Waals surface area contributed by atoms with Gasteiger partial charge in [0.25, 0.3) is 0 Å². The van der Waals surface area contributed by atoms with Gasteiger partial charge in [-0.15, -0.1) is 11.3 Å². The SMILES string of the molecule is COCCNc1nc(C)c(-c2nc3c(C)nccc3s2)c(N[C@H]2CCC(C(C)(C)N)C2)n1. The van der Waals surface area contributed by atoms with Gasteiger partial charge >= 0.3 is 0 Å². The van der Waals surface area contributed by atoms with Gasteiger partial charge in [-0.1, -0.05) is 0 Å². The number of hydrogen-bond acceptors (Lipinski definition) is 9. The lowest BCUT2D eigenvalue weighted by Gasteiger charge is -2.27. The van der Waals surface area contributed by atoms with Crippen LogP contribution in [0.2, 0.25) is 0 Å². The van der Waals surface area contributed by atoms with Gasteiger partial charge in [-0.3, -0.25) is 4.98 Å². The first-order chi connectivity index (χ1) is 15.3. The van der Waals surface area contributed by atoms with Crippen molar-refractivity contribution in [3.05, 3.63) is 23.7 Å². The minimum Gasteiger partial charge on any atom is -0.383 e. The average Bonchev–Trinajstić information content (AvgIpc) is 3.36. The molecule has 172 valence electrons. The number of hydrogen-bond donors (Lipinski definition) is 3. The highest BCUT2D eigenvalue weighted by Crippen LogP contribution is 2.39. The molecule has 1 fully saturated rings. The quantitative estimate of drug-likeness (QED) is 0.435. The first-order valence-electron chi connectivity index (χ1n) is 11.2. The molecule has 3 heterocycles. The van der Waals surface area contributed by atoms with E-state index >= 15 is 0 Å². The van der Waals surface area contributed by atoms with Crippen LogP contribution in [0.5, 0.6) is 0 Å². The summed E-state index contributed by atoms with van der Waals surface area (Å²) in [6, 6.07) is 2.33. The molecule has 0 radical (unpaired) electrons. The smallest absolute Gasteiger partial charge is 0.224 e. The Balaban J connectivity index is 1.70. The minimum absolute atomic E-state index is 0.175. The third kappa shape index (κ3) is 4.84. The highest BCUT2D eigenvalue weighted by atomic mass is 32.1. The Bertz CT molecular complexity index is 1090. The molecule has 1 aliphatic carbocycles. The number of anilines is 2. The molecule has 0 amide bonds. The van der Waals surface area contributed by atoms with E-state index in [-0.39, 0.29) is 5.54 Å². The maximum absolute atomic E-state index is 6.40. The molecule has 0 aromatic carbocycles. The van der Waals surface area contributed by atoms with Gasteiger partial charge in [0, 0.05) is 31.4 Å². The Kier molecular flexibility index (Phi) is 6.60. The molecular formula is C23H33N7OS. The molecule has 3 aromatic rings. The lowest BCUT2D eigenvalue weighted by Crippen LogP contribution is -2.40. The zero-order valence-electron chi connectivity index (χ0n) is 19.5. The second-order valence-electron chi connectivity index (χ2n) is 9.21. The van der Waals surface area contributed by atoms with Gasteiger partial charge < -0.3 is 21.1 Å². The van der Waals surface area contributed by atoms with Crippen molar-refractivity contribution in [1.29, 1.82) is 0 Å². The second kappa shape index (κ2) is 9.25. The fraction of sp³-hybridized carbons (Fsp3) is 0.565. The predicted molar refractivity (Wildman–Crippen MR) is 131 cm³/mol. The van der Waals surface area contributed by atoms with E-state index in [4.69, 9.17) is 25.4 Å². The summed E-state index contributed by atoms with van der Waals surface area (Å²) in [5, 5.41) is 7.89. The summed E-state index contributed by atoms with van der Waals surface area (Å²) in [4.78, 5) is 18.9. The van der Waals surface area contributed by atoms with E-state index < -0.39 is 0 Å². The van der Waals surface area contributed by atoms with Crippen LogP contribution in [0.4, 0.5) is 11.8 Å². The van der Waals surface area contributed by atoms with E-state index in [0.29, 0.717) is 31.1 Å². The molecule has 32 heavy (non-hydrogen) atoms. The Morgan fingerprint density at radius 1 is 1.19 bits per heavy atom. The molecule has 1 aliphatic rings. The highest BCUT2D eigenvalue weighted by Gasteiger charge is 2.34. The summed E-state index contributed by atoms with van der Waals surface area (Å²) in [5.74, 6) is 1.91. The molecule has 9 heteroatoms. The largest absolute Gasteiger partial charge is 0.383 e. The van der Waals surface area contributed by atoms with Gasteiger partial charge in [-0.05, 0) is 58.9 Å². The molecule has 3 aromatic heterocycles. The number of fused-ring (bicyclic) bond motifs is 1. The number of aryl methyl sites for hydroxylation is 2. The topological polar surface area (TPSA) is 111 Å². The Hall–Kier alpha value is -2.36. The number of pyridine rings is 1. The third-order valence-electron chi connectivity index (χ3n) is 6.21. The first kappa shape index (κ1) is 22.8. The van der Waals surface area contributed by atoms with Gasteiger partial charge in [0.2, 0.25) is 5.95 Å². The number of nitrogens with one attached hydrogen (secondary N) is 2. The van der Waals surface area contributed by atoms with Crippen molar-refractivity contribution in [3.8, 4) is 10.6 Å². The van der Waals surface area contributed by atoms with E-state index in [9.17, 15) is 0 Å². The molecule has 4 rings (SSSR count). The zero-order chi connectivity index (χ0) is 22.9. The number of ether oxygens (including phenoxy) is 1. The van der Waals surface area contributed by atoms with E-state index in [0.717, 1.165) is 57.3 Å². The zero-order valence-corrected chi connectivity index (χ0v) is 20.3. The average molecular weight is 456 g/mol. The van der Waals surface area contributed by atoms with Crippen molar-refractivity contribution in [2.45, 2.75) is 58.5 Å². The number of aromatic nitrogens is 4. The summed E-state index contributed by atoms with van der Waals surface area (Å²) in [6.45, 7) is 9.48. The lowest BCUT2D eigenvalue weighted by atomic mass is 9.87. The van der Waals surface area contributed by atoms with Gasteiger partial charge in [0.15, 0.2) is 0 Å². The molecule has 4 N–H and O–H groups in total. The van der Waals surface area contributed by atoms with Crippen LogP contribution in [-0.4, -0.2) is 51.8 Å². The van der Waals surface area contributed by atoms with Crippen molar-refractivity contribution in [3.63, 3.8) is 0 Å². The van der Waals surface area contributed by atoms with Crippen LogP contribution in [0, 0.1) is 19.8 Å². The van der Waals surface area contributed by atoms with Crippen molar-refractivity contribution in [2.75, 3.05) is 30.9 Å². The molecule has 0 spiro atoms. The number of nitrogens with zero attached hydrogens (tertiary/aromatic N) is 4. The fourth-order valence-corrected chi connectivity index (χ4v) is 5.46. The van der Waals surface area contributed by atoms with E-state index in [1.165, 1.54) is 0 Å². The van der Waals surface area contributed by atoms with E-state index in [2.05, 4.69) is 29.5 Å². The Morgan fingerprint density at radius 3 is 2.69 bits per heavy atom. The van der Waals surface area contributed by atoms with Crippen LogP contribution < -0.4 is 16.4 Å². The molecule has 2 atom stereocenters. The maximum atomic E-state index is 6.40. The van der Waals surface area contributed by atoms with Crippen LogP contribution in [0.15, 0.2) is 12.3 Å². The van der Waals surface area contributed by atoms with Gasteiger partial charge in [0.1, 0.15) is 16.3 Å². The van der Waals surface area contributed by atoms with Crippen LogP contribution in [0.25, 0.3) is 20.8 Å². The number of rotatable bonds is 8. The standard InChI is InChI=1S/C23H33N7OS/c1-13-18(21-29-19-14(2)25-9-8-17(19)32-21)20(30-22(27-13)26-10-11-31-5)28-16-7-6-15(12-16)23(3,4)24/h8-9,15-16H,6-7,10-12,24H2,1-5H3,(H2,26,27,28,30)/t15?,16-/m0/s1. The number of methoxy groups -OCH3 is 1. The summed E-state index contributed by atoms with van der Waals surface area (Å²) < 4.78 is 6.27. The molecule has 0 saturated heterocycles. The van der Waals surface area contributed by atoms with Gasteiger partial charge in [0.05, 0.1) is 28.3 Å². The number of thiazole rings is 1. The Morgan fingerprint density at radius 2 is 2.00 bits per heavy atom.